The molecule has 2 aromatic carbocycles. The summed E-state index contributed by atoms with van der Waals surface area (Å²) in [5.74, 6) is -0.199. The minimum atomic E-state index is -3.57. The smallest absolute Gasteiger partial charge is 0.243 e. The van der Waals surface area contributed by atoms with E-state index in [1.807, 2.05) is 37.8 Å². The Morgan fingerprint density at radius 1 is 0.933 bits per heavy atom. The van der Waals surface area contributed by atoms with Crippen LogP contribution in [0.1, 0.15) is 16.7 Å². The molecular formula is C21H25Cl2N3O3S. The van der Waals surface area contributed by atoms with Gasteiger partial charge in [-0.15, -0.1) is 0 Å². The Morgan fingerprint density at radius 3 is 2.00 bits per heavy atom. The number of carbonyl (C=O) groups is 1. The van der Waals surface area contributed by atoms with Crippen molar-refractivity contribution < 1.29 is 13.2 Å². The molecule has 1 N–H and O–H groups in total. The molecule has 0 unspecified atom stereocenters. The molecule has 3 rings (SSSR count). The fourth-order valence-corrected chi connectivity index (χ4v) is 6.22. The molecule has 1 aliphatic heterocycles. The second-order valence-corrected chi connectivity index (χ2v) is 10.4. The minimum absolute atomic E-state index is 0.167. The Hall–Kier alpha value is -1.64. The number of hydrogen-bond acceptors (Lipinski definition) is 4. The molecule has 0 radical (unpaired) electrons. The van der Waals surface area contributed by atoms with Crippen LogP contribution >= 0.6 is 23.2 Å². The van der Waals surface area contributed by atoms with Gasteiger partial charge in [-0.05, 0) is 50.1 Å². The van der Waals surface area contributed by atoms with Gasteiger partial charge in [0.15, 0.2) is 0 Å². The summed E-state index contributed by atoms with van der Waals surface area (Å²) in [4.78, 5) is 14.7. The monoisotopic (exact) mass is 469 g/mol. The Labute approximate surface area is 187 Å². The van der Waals surface area contributed by atoms with E-state index in [0.717, 1.165) is 16.7 Å². The maximum absolute atomic E-state index is 13.2. The number of aryl methyl sites for hydroxylation is 3. The molecule has 0 spiro atoms. The Morgan fingerprint density at radius 2 is 1.47 bits per heavy atom. The van der Waals surface area contributed by atoms with Gasteiger partial charge < -0.3 is 5.32 Å². The summed E-state index contributed by atoms with van der Waals surface area (Å²) in [7, 11) is -3.57. The lowest BCUT2D eigenvalue weighted by Gasteiger charge is -2.34. The number of halogens is 2. The number of rotatable bonds is 5. The highest BCUT2D eigenvalue weighted by atomic mass is 35.5. The predicted molar refractivity (Wildman–Crippen MR) is 121 cm³/mol. The van der Waals surface area contributed by atoms with Crippen LogP contribution in [0.15, 0.2) is 35.2 Å². The SMILES string of the molecule is Cc1cc(C)c(S(=O)(=O)N2CCN(CC(=O)Nc3cc(Cl)cc(Cl)c3)CC2)c(C)c1. The van der Waals surface area contributed by atoms with Crippen molar-refractivity contribution in [2.24, 2.45) is 0 Å². The lowest BCUT2D eigenvalue weighted by atomic mass is 10.1. The van der Waals surface area contributed by atoms with Gasteiger partial charge in [-0.3, -0.25) is 9.69 Å². The topological polar surface area (TPSA) is 69.7 Å². The van der Waals surface area contributed by atoms with E-state index >= 15 is 0 Å². The van der Waals surface area contributed by atoms with Crippen molar-refractivity contribution in [2.45, 2.75) is 25.7 Å². The van der Waals surface area contributed by atoms with Gasteiger partial charge in [0.25, 0.3) is 0 Å². The third-order valence-corrected chi connectivity index (χ3v) is 7.69. The average molecular weight is 470 g/mol. The fraction of sp³-hybridized carbons (Fsp3) is 0.381. The van der Waals surface area contributed by atoms with Crippen molar-refractivity contribution >= 4 is 44.8 Å². The number of benzene rings is 2. The summed E-state index contributed by atoms with van der Waals surface area (Å²) in [6.07, 6.45) is 0. The molecule has 0 saturated carbocycles. The van der Waals surface area contributed by atoms with E-state index in [1.54, 1.807) is 18.2 Å². The van der Waals surface area contributed by atoms with Crippen molar-refractivity contribution in [3.8, 4) is 0 Å². The van der Waals surface area contributed by atoms with Crippen LogP contribution in [-0.4, -0.2) is 56.3 Å². The lowest BCUT2D eigenvalue weighted by Crippen LogP contribution is -2.50. The number of anilines is 1. The van der Waals surface area contributed by atoms with Crippen LogP contribution in [0.5, 0.6) is 0 Å². The molecular weight excluding hydrogens is 445 g/mol. The van der Waals surface area contributed by atoms with Crippen LogP contribution in [0.4, 0.5) is 5.69 Å². The van der Waals surface area contributed by atoms with Crippen molar-refractivity contribution in [1.29, 1.82) is 0 Å². The van der Waals surface area contributed by atoms with Gasteiger partial charge in [-0.2, -0.15) is 4.31 Å². The number of nitrogens with zero attached hydrogens (tertiary/aromatic N) is 2. The predicted octanol–water partition coefficient (Wildman–Crippen LogP) is 3.86. The average Bonchev–Trinajstić information content (AvgIpc) is 2.59. The van der Waals surface area contributed by atoms with E-state index in [-0.39, 0.29) is 12.5 Å². The van der Waals surface area contributed by atoms with Crippen molar-refractivity contribution in [2.75, 3.05) is 38.0 Å². The van der Waals surface area contributed by atoms with Crippen LogP contribution in [0.2, 0.25) is 10.0 Å². The number of piperazine rings is 1. The number of amides is 1. The highest BCUT2D eigenvalue weighted by Crippen LogP contribution is 2.26. The highest BCUT2D eigenvalue weighted by Gasteiger charge is 2.31. The van der Waals surface area contributed by atoms with Gasteiger partial charge in [0, 0.05) is 41.9 Å². The molecule has 1 saturated heterocycles. The molecule has 0 aromatic heterocycles. The summed E-state index contributed by atoms with van der Waals surface area (Å²) in [6.45, 7) is 7.42. The highest BCUT2D eigenvalue weighted by molar-refractivity contribution is 7.89. The van der Waals surface area contributed by atoms with E-state index in [9.17, 15) is 13.2 Å². The first-order valence-corrected chi connectivity index (χ1v) is 11.8. The number of nitrogens with one attached hydrogen (secondary N) is 1. The molecule has 162 valence electrons. The molecule has 1 fully saturated rings. The molecule has 9 heteroatoms. The second kappa shape index (κ2) is 9.24. The zero-order valence-corrected chi connectivity index (χ0v) is 19.5. The zero-order valence-electron chi connectivity index (χ0n) is 17.2. The standard InChI is InChI=1S/C21H25Cl2N3O3S/c1-14-8-15(2)21(16(3)9-14)30(28,29)26-6-4-25(5-7-26)13-20(27)24-19-11-17(22)10-18(23)12-19/h8-12H,4-7,13H2,1-3H3,(H,24,27). The largest absolute Gasteiger partial charge is 0.325 e. The first-order chi connectivity index (χ1) is 14.1. The molecule has 2 aromatic rings. The summed E-state index contributed by atoms with van der Waals surface area (Å²) >= 11 is 11.9. The van der Waals surface area contributed by atoms with Crippen LogP contribution in [0.25, 0.3) is 0 Å². The first-order valence-electron chi connectivity index (χ1n) is 9.62. The lowest BCUT2D eigenvalue weighted by molar-refractivity contribution is -0.117. The van der Waals surface area contributed by atoms with Crippen LogP contribution in [0, 0.1) is 20.8 Å². The third-order valence-electron chi connectivity index (χ3n) is 5.05. The molecule has 1 amide bonds. The summed E-state index contributed by atoms with van der Waals surface area (Å²) in [5.41, 5.74) is 3.09. The molecule has 0 bridgehead atoms. The van der Waals surface area contributed by atoms with Crippen molar-refractivity contribution in [1.82, 2.24) is 9.21 Å². The maximum atomic E-state index is 13.2. The van der Waals surface area contributed by atoms with Gasteiger partial charge in [-0.1, -0.05) is 40.9 Å². The molecule has 6 nitrogen and oxygen atoms in total. The first kappa shape index (κ1) is 23.0. The zero-order chi connectivity index (χ0) is 22.1. The van der Waals surface area contributed by atoms with Gasteiger partial charge in [-0.25, -0.2) is 8.42 Å². The molecule has 0 atom stereocenters. The molecule has 0 aliphatic carbocycles. The summed E-state index contributed by atoms with van der Waals surface area (Å²) in [6, 6.07) is 8.63. The Balaban J connectivity index is 1.61. The minimum Gasteiger partial charge on any atom is -0.325 e. The van der Waals surface area contributed by atoms with Crippen LogP contribution in [0.3, 0.4) is 0 Å². The molecule has 30 heavy (non-hydrogen) atoms. The third kappa shape index (κ3) is 5.34. The second-order valence-electron chi connectivity index (χ2n) is 7.61. The maximum Gasteiger partial charge on any atom is 0.243 e. The van der Waals surface area contributed by atoms with Gasteiger partial charge in [0.1, 0.15) is 0 Å². The normalized spacial score (nSPS) is 15.9. The van der Waals surface area contributed by atoms with Crippen molar-refractivity contribution in [3.05, 3.63) is 57.1 Å². The number of sulfonamides is 1. The summed E-state index contributed by atoms with van der Waals surface area (Å²) in [5, 5.41) is 3.66. The summed E-state index contributed by atoms with van der Waals surface area (Å²) < 4.78 is 27.9. The van der Waals surface area contributed by atoms with E-state index in [0.29, 0.717) is 46.8 Å². The van der Waals surface area contributed by atoms with Gasteiger partial charge >= 0.3 is 0 Å². The van der Waals surface area contributed by atoms with Gasteiger partial charge in [0.2, 0.25) is 15.9 Å². The van der Waals surface area contributed by atoms with Crippen LogP contribution < -0.4 is 5.32 Å². The Bertz CT molecular complexity index is 1020. The van der Waals surface area contributed by atoms with Crippen molar-refractivity contribution in [3.63, 3.8) is 0 Å². The van der Waals surface area contributed by atoms with E-state index < -0.39 is 10.0 Å². The van der Waals surface area contributed by atoms with Gasteiger partial charge in [0.05, 0.1) is 11.4 Å². The van der Waals surface area contributed by atoms with E-state index in [1.165, 1.54) is 4.31 Å². The Kier molecular flexibility index (Phi) is 7.09. The van der Waals surface area contributed by atoms with Crippen LogP contribution in [-0.2, 0) is 14.8 Å². The fourth-order valence-electron chi connectivity index (χ4n) is 3.86. The quantitative estimate of drug-likeness (QED) is 0.721. The number of hydrogen-bond donors (Lipinski definition) is 1. The molecule has 1 heterocycles. The molecule has 1 aliphatic rings. The van der Waals surface area contributed by atoms with E-state index in [4.69, 9.17) is 23.2 Å². The number of carbonyl (C=O) groups excluding carboxylic acids is 1. The van der Waals surface area contributed by atoms with E-state index in [2.05, 4.69) is 5.32 Å².